The Morgan fingerprint density at radius 3 is 2.58 bits per heavy atom. The molecule has 1 aromatic carbocycles. The maximum Gasteiger partial charge on any atom is 0.351 e. The van der Waals surface area contributed by atoms with E-state index in [1.807, 2.05) is 32.9 Å². The highest BCUT2D eigenvalue weighted by Gasteiger charge is 2.76. The maximum atomic E-state index is 13.3. The van der Waals surface area contributed by atoms with Crippen LogP contribution >= 0.6 is 0 Å². The molecule has 2 aliphatic carbocycles. The Labute approximate surface area is 155 Å². The molecule has 2 bridgehead atoms. The van der Waals surface area contributed by atoms with Crippen LogP contribution in [0, 0.1) is 10.8 Å². The molecule has 0 radical (unpaired) electrons. The fourth-order valence-electron chi connectivity index (χ4n) is 5.10. The topological polar surface area (TPSA) is 52.6 Å². The van der Waals surface area contributed by atoms with Crippen molar-refractivity contribution in [2.24, 2.45) is 10.8 Å². The van der Waals surface area contributed by atoms with Crippen LogP contribution in [0.25, 0.3) is 0 Å². The molecule has 2 fully saturated rings. The highest BCUT2D eigenvalue weighted by Crippen LogP contribution is 2.66. The Morgan fingerprint density at radius 2 is 1.88 bits per heavy atom. The molecule has 1 saturated heterocycles. The number of benzene rings is 1. The van der Waals surface area contributed by atoms with Gasteiger partial charge in [-0.2, -0.15) is 0 Å². The van der Waals surface area contributed by atoms with Crippen LogP contribution in [0.5, 0.6) is 0 Å². The molecule has 3 atom stereocenters. The molecule has 26 heavy (non-hydrogen) atoms. The molecule has 4 rings (SSSR count). The lowest BCUT2D eigenvalue weighted by Gasteiger charge is -2.36. The third kappa shape index (κ3) is 2.20. The number of aryl methyl sites for hydroxylation is 1. The molecule has 4 heteroatoms. The van der Waals surface area contributed by atoms with E-state index in [1.165, 1.54) is 12.0 Å². The van der Waals surface area contributed by atoms with Gasteiger partial charge in [-0.25, -0.2) is 4.79 Å². The summed E-state index contributed by atoms with van der Waals surface area (Å²) in [7, 11) is 0. The number of ether oxygens (including phenoxy) is 2. The third-order valence-electron chi connectivity index (χ3n) is 7.48. The summed E-state index contributed by atoms with van der Waals surface area (Å²) < 4.78 is 11.8. The zero-order valence-corrected chi connectivity index (χ0v) is 16.0. The van der Waals surface area contributed by atoms with Crippen LogP contribution in [0.4, 0.5) is 0 Å². The Bertz CT molecular complexity index is 752. The molecular weight excluding hydrogens is 328 g/mol. The van der Waals surface area contributed by atoms with E-state index >= 15 is 0 Å². The monoisotopic (exact) mass is 356 g/mol. The number of hydrogen-bond donors (Lipinski definition) is 0. The lowest BCUT2D eigenvalue weighted by Crippen LogP contribution is -2.49. The number of carbonyl (C=O) groups excluding carboxylic acids is 2. The SMILES string of the molecule is CC12CC[C@](C(=O)OC3CCCCCc4ccccc43)(OC1=O)C2(C)C. The van der Waals surface area contributed by atoms with Gasteiger partial charge in [0.2, 0.25) is 5.60 Å². The molecule has 0 amide bonds. The molecule has 3 aliphatic rings. The number of rotatable bonds is 2. The molecule has 0 spiro atoms. The first-order valence-electron chi connectivity index (χ1n) is 9.84. The van der Waals surface area contributed by atoms with Crippen LogP contribution in [0.15, 0.2) is 24.3 Å². The van der Waals surface area contributed by atoms with Gasteiger partial charge in [0.25, 0.3) is 0 Å². The van der Waals surface area contributed by atoms with Crippen LogP contribution in [-0.2, 0) is 25.5 Å². The van der Waals surface area contributed by atoms with Crippen LogP contribution in [-0.4, -0.2) is 17.5 Å². The molecule has 1 aliphatic heterocycles. The predicted molar refractivity (Wildman–Crippen MR) is 97.4 cm³/mol. The van der Waals surface area contributed by atoms with E-state index < -0.39 is 16.4 Å². The van der Waals surface area contributed by atoms with Gasteiger partial charge in [-0.15, -0.1) is 0 Å². The summed E-state index contributed by atoms with van der Waals surface area (Å²) >= 11 is 0. The van der Waals surface area contributed by atoms with Crippen molar-refractivity contribution >= 4 is 11.9 Å². The van der Waals surface area contributed by atoms with E-state index in [0.717, 1.165) is 31.2 Å². The van der Waals surface area contributed by atoms with Crippen LogP contribution in [0.1, 0.15) is 76.5 Å². The Hall–Kier alpha value is -1.84. The first-order chi connectivity index (χ1) is 12.3. The third-order valence-corrected chi connectivity index (χ3v) is 7.48. The zero-order chi connectivity index (χ0) is 18.6. The van der Waals surface area contributed by atoms with Gasteiger partial charge in [0.1, 0.15) is 6.10 Å². The number of fused-ring (bicyclic) bond motifs is 3. The minimum Gasteiger partial charge on any atom is -0.455 e. The summed E-state index contributed by atoms with van der Waals surface area (Å²) in [5.74, 6) is -0.624. The van der Waals surface area contributed by atoms with Crippen LogP contribution < -0.4 is 0 Å². The second-order valence-electron chi connectivity index (χ2n) is 8.87. The van der Waals surface area contributed by atoms with Crippen molar-refractivity contribution in [3.63, 3.8) is 0 Å². The van der Waals surface area contributed by atoms with Crippen LogP contribution in [0.2, 0.25) is 0 Å². The van der Waals surface area contributed by atoms with Gasteiger partial charge < -0.3 is 9.47 Å². The van der Waals surface area contributed by atoms with Crippen molar-refractivity contribution in [3.8, 4) is 0 Å². The molecule has 4 nitrogen and oxygen atoms in total. The first-order valence-corrected chi connectivity index (χ1v) is 9.84. The van der Waals surface area contributed by atoms with E-state index in [2.05, 4.69) is 12.1 Å². The lowest BCUT2D eigenvalue weighted by atomic mass is 9.66. The lowest BCUT2D eigenvalue weighted by molar-refractivity contribution is -0.188. The fourth-order valence-corrected chi connectivity index (χ4v) is 5.10. The van der Waals surface area contributed by atoms with Crippen molar-refractivity contribution in [2.75, 3.05) is 0 Å². The number of esters is 2. The van der Waals surface area contributed by atoms with Crippen LogP contribution in [0.3, 0.4) is 0 Å². The normalized spacial score (nSPS) is 35.2. The summed E-state index contributed by atoms with van der Waals surface area (Å²) in [5, 5.41) is 0. The van der Waals surface area contributed by atoms with E-state index in [4.69, 9.17) is 9.47 Å². The quantitative estimate of drug-likeness (QED) is 0.732. The van der Waals surface area contributed by atoms with E-state index in [9.17, 15) is 9.59 Å². The van der Waals surface area contributed by atoms with Crippen molar-refractivity contribution in [3.05, 3.63) is 35.4 Å². The standard InChI is InChI=1S/C22H28O4/c1-20(2)21(3)13-14-22(20,26-18(21)23)19(24)25-17-12-6-4-5-9-15-10-7-8-11-16(15)17/h7-8,10-11,17H,4-6,9,12-14H2,1-3H3/t17?,21?,22-/m1/s1. The van der Waals surface area contributed by atoms with Gasteiger partial charge in [-0.1, -0.05) is 44.5 Å². The Kier molecular flexibility index (Phi) is 3.94. The predicted octanol–water partition coefficient (Wildman–Crippen LogP) is 4.51. The summed E-state index contributed by atoms with van der Waals surface area (Å²) in [5.41, 5.74) is 0.0670. The van der Waals surface area contributed by atoms with E-state index in [1.54, 1.807) is 0 Å². The van der Waals surface area contributed by atoms with Gasteiger partial charge >= 0.3 is 11.9 Å². The molecule has 2 unspecified atom stereocenters. The minimum atomic E-state index is -1.14. The second kappa shape index (κ2) is 5.83. The van der Waals surface area contributed by atoms with Gasteiger partial charge in [0, 0.05) is 5.41 Å². The second-order valence-corrected chi connectivity index (χ2v) is 8.87. The van der Waals surface area contributed by atoms with Crippen molar-refractivity contribution in [1.29, 1.82) is 0 Å². The molecular formula is C22H28O4. The van der Waals surface area contributed by atoms with Gasteiger partial charge in [-0.05, 0) is 56.6 Å². The van der Waals surface area contributed by atoms with Crippen molar-refractivity contribution < 1.29 is 19.1 Å². The molecule has 0 aromatic heterocycles. The average Bonchev–Trinajstić information content (AvgIpc) is 2.89. The number of carbonyl (C=O) groups is 2. The highest BCUT2D eigenvalue weighted by atomic mass is 16.6. The Balaban J connectivity index is 1.64. The van der Waals surface area contributed by atoms with Crippen molar-refractivity contribution in [2.45, 2.75) is 77.4 Å². The number of hydrogen-bond acceptors (Lipinski definition) is 4. The van der Waals surface area contributed by atoms with E-state index in [-0.39, 0.29) is 18.0 Å². The molecule has 140 valence electrons. The average molecular weight is 356 g/mol. The van der Waals surface area contributed by atoms with Gasteiger partial charge in [-0.3, -0.25) is 4.79 Å². The van der Waals surface area contributed by atoms with Gasteiger partial charge in [0.15, 0.2) is 0 Å². The van der Waals surface area contributed by atoms with E-state index in [0.29, 0.717) is 12.8 Å². The minimum absolute atomic E-state index is 0.254. The summed E-state index contributed by atoms with van der Waals surface area (Å²) in [6.45, 7) is 5.86. The largest absolute Gasteiger partial charge is 0.455 e. The summed E-state index contributed by atoms with van der Waals surface area (Å²) in [6, 6.07) is 8.25. The molecule has 1 saturated carbocycles. The summed E-state index contributed by atoms with van der Waals surface area (Å²) in [4.78, 5) is 25.7. The van der Waals surface area contributed by atoms with Gasteiger partial charge in [0.05, 0.1) is 5.41 Å². The Morgan fingerprint density at radius 1 is 1.12 bits per heavy atom. The zero-order valence-electron chi connectivity index (χ0n) is 16.0. The summed E-state index contributed by atoms with van der Waals surface area (Å²) in [6.07, 6.45) is 6.18. The highest BCUT2D eigenvalue weighted by molar-refractivity contribution is 5.93. The first kappa shape index (κ1) is 17.6. The molecule has 0 N–H and O–H groups in total. The fraction of sp³-hybridized carbons (Fsp3) is 0.636. The molecule has 1 aromatic rings. The maximum absolute atomic E-state index is 13.3. The molecule has 1 heterocycles. The smallest absolute Gasteiger partial charge is 0.351 e. The van der Waals surface area contributed by atoms with Crippen molar-refractivity contribution in [1.82, 2.24) is 0 Å².